The van der Waals surface area contributed by atoms with E-state index >= 15 is 0 Å². The lowest BCUT2D eigenvalue weighted by Crippen LogP contribution is -2.40. The van der Waals surface area contributed by atoms with Gasteiger partial charge >= 0.3 is 0 Å². The molecule has 136 valence electrons. The fraction of sp³-hybridized carbons (Fsp3) is 0.842. The Morgan fingerprint density at radius 2 is 2.00 bits per heavy atom. The number of nitrogens with zero attached hydrogens (tertiary/aromatic N) is 1. The zero-order chi connectivity index (χ0) is 16.8. The number of carbonyl (C=O) groups excluding carboxylic acids is 1. The number of likely N-dealkylation sites (tertiary alicyclic amines) is 1. The van der Waals surface area contributed by atoms with Gasteiger partial charge in [-0.05, 0) is 62.9 Å². The van der Waals surface area contributed by atoms with Crippen LogP contribution in [0.2, 0.25) is 0 Å². The molecule has 1 saturated carbocycles. The van der Waals surface area contributed by atoms with Crippen molar-refractivity contribution in [3.63, 3.8) is 0 Å². The number of allylic oxidation sites excluding steroid dienone is 1. The Bertz CT molecular complexity index is 441. The standard InChI is InChI=1S/C19H31NO4/c21-11-4-5-12-23-18-14-16(15-7-6-8-15)13-17(24-18)19(22)20-9-2-1-3-10-20/h13,15-16,18,21H,1-12,14H2/t16-,18+/m0/s1. The molecule has 0 bridgehead atoms. The van der Waals surface area contributed by atoms with E-state index in [1.807, 2.05) is 4.90 Å². The lowest BCUT2D eigenvalue weighted by atomic mass is 9.73. The second kappa shape index (κ2) is 8.86. The summed E-state index contributed by atoms with van der Waals surface area (Å²) in [6.45, 7) is 2.46. The molecule has 3 rings (SSSR count). The van der Waals surface area contributed by atoms with E-state index in [0.717, 1.165) is 45.2 Å². The molecule has 0 unspecified atom stereocenters. The number of hydrogen-bond donors (Lipinski definition) is 1. The van der Waals surface area contributed by atoms with Crippen molar-refractivity contribution in [3.05, 3.63) is 11.8 Å². The summed E-state index contributed by atoms with van der Waals surface area (Å²) < 4.78 is 11.8. The Kier molecular flexibility index (Phi) is 6.55. The van der Waals surface area contributed by atoms with Crippen molar-refractivity contribution < 1.29 is 19.4 Å². The minimum absolute atomic E-state index is 0.0441. The molecular weight excluding hydrogens is 306 g/mol. The number of amides is 1. The molecule has 0 radical (unpaired) electrons. The van der Waals surface area contributed by atoms with Gasteiger partial charge in [0.1, 0.15) is 0 Å². The van der Waals surface area contributed by atoms with Crippen LogP contribution in [0.3, 0.4) is 0 Å². The third-order valence-electron chi connectivity index (χ3n) is 5.55. The smallest absolute Gasteiger partial charge is 0.288 e. The van der Waals surface area contributed by atoms with Gasteiger partial charge < -0.3 is 19.5 Å². The summed E-state index contributed by atoms with van der Waals surface area (Å²) in [5, 5.41) is 8.87. The first kappa shape index (κ1) is 17.7. The van der Waals surface area contributed by atoms with Gasteiger partial charge in [0.15, 0.2) is 5.76 Å². The van der Waals surface area contributed by atoms with E-state index in [0.29, 0.717) is 24.2 Å². The van der Waals surface area contributed by atoms with Crippen LogP contribution in [-0.4, -0.2) is 48.5 Å². The first-order valence-corrected chi connectivity index (χ1v) is 9.68. The van der Waals surface area contributed by atoms with Crippen LogP contribution in [0.1, 0.15) is 57.8 Å². The van der Waals surface area contributed by atoms with Crippen molar-refractivity contribution in [3.8, 4) is 0 Å². The van der Waals surface area contributed by atoms with Gasteiger partial charge in [0.25, 0.3) is 5.91 Å². The van der Waals surface area contributed by atoms with E-state index in [2.05, 4.69) is 6.08 Å². The molecule has 2 atom stereocenters. The minimum atomic E-state index is -0.317. The normalized spacial score (nSPS) is 28.0. The van der Waals surface area contributed by atoms with Crippen molar-refractivity contribution in [1.82, 2.24) is 4.90 Å². The Morgan fingerprint density at radius 1 is 1.21 bits per heavy atom. The number of aliphatic hydroxyl groups is 1. The van der Waals surface area contributed by atoms with Gasteiger partial charge in [-0.25, -0.2) is 0 Å². The summed E-state index contributed by atoms with van der Waals surface area (Å²) in [6.07, 6.45) is 11.4. The fourth-order valence-corrected chi connectivity index (χ4v) is 3.82. The summed E-state index contributed by atoms with van der Waals surface area (Å²) in [4.78, 5) is 14.7. The molecule has 5 nitrogen and oxygen atoms in total. The maximum Gasteiger partial charge on any atom is 0.288 e. The van der Waals surface area contributed by atoms with E-state index in [4.69, 9.17) is 14.6 Å². The number of aliphatic hydroxyl groups excluding tert-OH is 1. The Hall–Kier alpha value is -1.07. The molecule has 1 aliphatic carbocycles. The predicted molar refractivity (Wildman–Crippen MR) is 91.1 cm³/mol. The lowest BCUT2D eigenvalue weighted by molar-refractivity contribution is -0.158. The van der Waals surface area contributed by atoms with Crippen molar-refractivity contribution in [2.45, 2.75) is 64.1 Å². The first-order chi connectivity index (χ1) is 11.8. The summed E-state index contributed by atoms with van der Waals surface area (Å²) in [5.74, 6) is 1.63. The van der Waals surface area contributed by atoms with E-state index < -0.39 is 0 Å². The monoisotopic (exact) mass is 337 g/mol. The Balaban J connectivity index is 1.61. The quantitative estimate of drug-likeness (QED) is 0.726. The first-order valence-electron chi connectivity index (χ1n) is 9.68. The van der Waals surface area contributed by atoms with Gasteiger partial charge in [-0.3, -0.25) is 4.79 Å². The van der Waals surface area contributed by atoms with Crippen molar-refractivity contribution in [2.24, 2.45) is 11.8 Å². The van der Waals surface area contributed by atoms with Gasteiger partial charge in [0.05, 0.1) is 6.61 Å². The van der Waals surface area contributed by atoms with E-state index in [1.54, 1.807) is 0 Å². The van der Waals surface area contributed by atoms with Crippen LogP contribution >= 0.6 is 0 Å². The van der Waals surface area contributed by atoms with E-state index in [9.17, 15) is 4.79 Å². The Labute approximate surface area is 145 Å². The van der Waals surface area contributed by atoms with Crippen LogP contribution in [0.15, 0.2) is 11.8 Å². The third kappa shape index (κ3) is 4.51. The molecule has 24 heavy (non-hydrogen) atoms. The van der Waals surface area contributed by atoms with Gasteiger partial charge in [0.2, 0.25) is 6.29 Å². The molecule has 0 aromatic heterocycles. The van der Waals surface area contributed by atoms with Crippen LogP contribution in [-0.2, 0) is 14.3 Å². The van der Waals surface area contributed by atoms with Crippen LogP contribution in [0.5, 0.6) is 0 Å². The van der Waals surface area contributed by atoms with Crippen LogP contribution in [0.4, 0.5) is 0 Å². The molecule has 0 spiro atoms. The molecule has 0 aromatic carbocycles. The van der Waals surface area contributed by atoms with Gasteiger partial charge in [0, 0.05) is 26.1 Å². The highest BCUT2D eigenvalue weighted by Crippen LogP contribution is 2.40. The summed E-state index contributed by atoms with van der Waals surface area (Å²) >= 11 is 0. The second-order valence-electron chi connectivity index (χ2n) is 7.32. The van der Waals surface area contributed by atoms with Crippen LogP contribution < -0.4 is 0 Å². The highest BCUT2D eigenvalue weighted by atomic mass is 16.7. The number of piperidine rings is 1. The molecule has 0 aromatic rings. The van der Waals surface area contributed by atoms with Crippen LogP contribution in [0, 0.1) is 11.8 Å². The SMILES string of the molecule is O=C(C1=C[C@H](C2CCC2)C[C@H](OCCCCO)O1)N1CCCCC1. The highest BCUT2D eigenvalue weighted by molar-refractivity contribution is 5.91. The van der Waals surface area contributed by atoms with E-state index in [-0.39, 0.29) is 18.8 Å². The zero-order valence-electron chi connectivity index (χ0n) is 14.6. The van der Waals surface area contributed by atoms with Crippen LogP contribution in [0.25, 0.3) is 0 Å². The minimum Gasteiger partial charge on any atom is -0.459 e. The molecule has 1 N–H and O–H groups in total. The van der Waals surface area contributed by atoms with Gasteiger partial charge in [-0.2, -0.15) is 0 Å². The van der Waals surface area contributed by atoms with Gasteiger partial charge in [-0.1, -0.05) is 6.42 Å². The maximum atomic E-state index is 12.8. The summed E-state index contributed by atoms with van der Waals surface area (Å²) in [5.41, 5.74) is 0. The number of hydrogen-bond acceptors (Lipinski definition) is 4. The molecule has 1 saturated heterocycles. The third-order valence-corrected chi connectivity index (χ3v) is 5.55. The Morgan fingerprint density at radius 3 is 2.67 bits per heavy atom. The molecule has 3 aliphatic rings. The number of carbonyl (C=O) groups is 1. The molecular formula is C19H31NO4. The molecule has 1 amide bonds. The maximum absolute atomic E-state index is 12.8. The average molecular weight is 337 g/mol. The summed E-state index contributed by atoms with van der Waals surface area (Å²) in [7, 11) is 0. The molecule has 5 heteroatoms. The van der Waals surface area contributed by atoms with Crippen molar-refractivity contribution in [1.29, 1.82) is 0 Å². The molecule has 2 fully saturated rings. The number of ether oxygens (including phenoxy) is 2. The highest BCUT2D eigenvalue weighted by Gasteiger charge is 2.35. The van der Waals surface area contributed by atoms with Gasteiger partial charge in [-0.15, -0.1) is 0 Å². The second-order valence-corrected chi connectivity index (χ2v) is 7.32. The predicted octanol–water partition coefficient (Wildman–Crippen LogP) is 2.83. The summed E-state index contributed by atoms with van der Waals surface area (Å²) in [6, 6.07) is 0. The number of unbranched alkanes of at least 4 members (excludes halogenated alkanes) is 1. The number of rotatable bonds is 7. The average Bonchev–Trinajstić information content (AvgIpc) is 2.57. The van der Waals surface area contributed by atoms with E-state index in [1.165, 1.54) is 25.7 Å². The van der Waals surface area contributed by atoms with Crippen molar-refractivity contribution >= 4 is 5.91 Å². The molecule has 2 aliphatic heterocycles. The fourth-order valence-electron chi connectivity index (χ4n) is 3.82. The topological polar surface area (TPSA) is 59.0 Å². The molecule has 2 heterocycles. The lowest BCUT2D eigenvalue weighted by Gasteiger charge is -2.38. The largest absolute Gasteiger partial charge is 0.459 e. The zero-order valence-corrected chi connectivity index (χ0v) is 14.6. The van der Waals surface area contributed by atoms with Crippen molar-refractivity contribution in [2.75, 3.05) is 26.3 Å².